The number of piperidine rings is 2. The van der Waals surface area contributed by atoms with E-state index < -0.39 is 0 Å². The molecule has 2 aliphatic rings. The Hall–Kier alpha value is -1.69. The van der Waals surface area contributed by atoms with E-state index in [1.165, 1.54) is 0 Å². The maximum atomic E-state index is 12.8. The SMILES string of the molecule is CCN(CC)C1CCN(C(=O)CC2CCN(c3nc(C)cc(C)n3)CC2)CC1. The minimum absolute atomic E-state index is 0.360. The van der Waals surface area contributed by atoms with E-state index in [0.29, 0.717) is 24.3 Å². The van der Waals surface area contributed by atoms with Crippen LogP contribution in [0.3, 0.4) is 0 Å². The lowest BCUT2D eigenvalue weighted by Crippen LogP contribution is -2.47. The van der Waals surface area contributed by atoms with Gasteiger partial charge in [-0.3, -0.25) is 4.79 Å². The van der Waals surface area contributed by atoms with Gasteiger partial charge in [-0.05, 0) is 64.6 Å². The summed E-state index contributed by atoms with van der Waals surface area (Å²) in [6.45, 7) is 14.5. The van der Waals surface area contributed by atoms with Crippen LogP contribution >= 0.6 is 0 Å². The summed E-state index contributed by atoms with van der Waals surface area (Å²) >= 11 is 0. The first-order valence-electron chi connectivity index (χ1n) is 11.1. The van der Waals surface area contributed by atoms with Crippen LogP contribution in [0.25, 0.3) is 0 Å². The Labute approximate surface area is 170 Å². The van der Waals surface area contributed by atoms with Crippen molar-refractivity contribution >= 4 is 11.9 Å². The molecule has 0 N–H and O–H groups in total. The van der Waals surface area contributed by atoms with E-state index in [2.05, 4.69) is 38.5 Å². The smallest absolute Gasteiger partial charge is 0.225 e. The van der Waals surface area contributed by atoms with Crippen molar-refractivity contribution in [1.29, 1.82) is 0 Å². The largest absolute Gasteiger partial charge is 0.343 e. The van der Waals surface area contributed by atoms with Crippen molar-refractivity contribution in [1.82, 2.24) is 19.8 Å². The highest BCUT2D eigenvalue weighted by Gasteiger charge is 2.28. The summed E-state index contributed by atoms with van der Waals surface area (Å²) in [5.74, 6) is 1.70. The zero-order valence-corrected chi connectivity index (χ0v) is 18.2. The number of hydrogen-bond donors (Lipinski definition) is 0. The van der Waals surface area contributed by atoms with Crippen molar-refractivity contribution < 1.29 is 4.79 Å². The van der Waals surface area contributed by atoms with E-state index in [9.17, 15) is 4.79 Å². The van der Waals surface area contributed by atoms with Gasteiger partial charge in [-0.1, -0.05) is 13.8 Å². The normalized spacial score (nSPS) is 19.5. The summed E-state index contributed by atoms with van der Waals surface area (Å²) in [7, 11) is 0. The molecule has 2 aliphatic heterocycles. The second-order valence-corrected chi connectivity index (χ2v) is 8.42. The average molecular weight is 388 g/mol. The second kappa shape index (κ2) is 9.68. The Bertz CT molecular complexity index is 624. The molecule has 0 unspecified atom stereocenters. The zero-order valence-electron chi connectivity index (χ0n) is 18.2. The van der Waals surface area contributed by atoms with Gasteiger partial charge in [0, 0.05) is 50.0 Å². The van der Waals surface area contributed by atoms with E-state index in [0.717, 1.165) is 82.3 Å². The van der Waals surface area contributed by atoms with Gasteiger partial charge >= 0.3 is 0 Å². The molecule has 3 heterocycles. The number of anilines is 1. The first-order valence-corrected chi connectivity index (χ1v) is 11.1. The number of aromatic nitrogens is 2. The van der Waals surface area contributed by atoms with E-state index in [-0.39, 0.29) is 0 Å². The van der Waals surface area contributed by atoms with Gasteiger partial charge in [0.25, 0.3) is 0 Å². The molecular weight excluding hydrogens is 350 g/mol. The van der Waals surface area contributed by atoms with Crippen molar-refractivity contribution in [2.24, 2.45) is 5.92 Å². The molecule has 0 spiro atoms. The third-order valence-corrected chi connectivity index (χ3v) is 6.48. The van der Waals surface area contributed by atoms with Gasteiger partial charge in [-0.15, -0.1) is 0 Å². The van der Waals surface area contributed by atoms with Crippen molar-refractivity contribution in [3.63, 3.8) is 0 Å². The van der Waals surface area contributed by atoms with Crippen molar-refractivity contribution in [3.05, 3.63) is 17.5 Å². The van der Waals surface area contributed by atoms with Crippen molar-refractivity contribution in [2.45, 2.75) is 65.8 Å². The number of carbonyl (C=O) groups is 1. The summed E-state index contributed by atoms with van der Waals surface area (Å²) in [6, 6.07) is 2.67. The molecular formula is C22H37N5O. The Kier molecular flexibility index (Phi) is 7.27. The molecule has 0 saturated carbocycles. The molecule has 2 saturated heterocycles. The molecule has 0 aromatic carbocycles. The van der Waals surface area contributed by atoms with Gasteiger partial charge in [0.05, 0.1) is 0 Å². The van der Waals surface area contributed by atoms with Gasteiger partial charge in [0.1, 0.15) is 0 Å². The van der Waals surface area contributed by atoms with Crippen LogP contribution in [0.15, 0.2) is 6.07 Å². The number of rotatable bonds is 6. The van der Waals surface area contributed by atoms with E-state index in [4.69, 9.17) is 0 Å². The van der Waals surface area contributed by atoms with Crippen LogP contribution in [0.5, 0.6) is 0 Å². The molecule has 1 aromatic rings. The average Bonchev–Trinajstić information content (AvgIpc) is 2.69. The van der Waals surface area contributed by atoms with Crippen molar-refractivity contribution in [2.75, 3.05) is 44.2 Å². The topological polar surface area (TPSA) is 52.6 Å². The summed E-state index contributed by atoms with van der Waals surface area (Å²) < 4.78 is 0. The number of nitrogens with zero attached hydrogens (tertiary/aromatic N) is 5. The van der Waals surface area contributed by atoms with Crippen LogP contribution in [0.4, 0.5) is 5.95 Å². The molecule has 0 radical (unpaired) electrons. The van der Waals surface area contributed by atoms with Crippen LogP contribution in [-0.4, -0.2) is 71.0 Å². The van der Waals surface area contributed by atoms with E-state index >= 15 is 0 Å². The predicted octanol–water partition coefficient (Wildman–Crippen LogP) is 3.03. The first-order chi connectivity index (χ1) is 13.5. The Morgan fingerprint density at radius 2 is 1.57 bits per heavy atom. The molecule has 0 aliphatic carbocycles. The minimum Gasteiger partial charge on any atom is -0.343 e. The van der Waals surface area contributed by atoms with E-state index in [1.54, 1.807) is 0 Å². The van der Waals surface area contributed by atoms with E-state index in [1.807, 2.05) is 19.9 Å². The summed E-state index contributed by atoms with van der Waals surface area (Å²) in [5, 5.41) is 0. The van der Waals surface area contributed by atoms with Gasteiger partial charge in [0.2, 0.25) is 11.9 Å². The molecule has 1 amide bonds. The van der Waals surface area contributed by atoms with Crippen LogP contribution in [0.2, 0.25) is 0 Å². The fourth-order valence-electron chi connectivity index (χ4n) is 4.78. The molecule has 2 fully saturated rings. The highest BCUT2D eigenvalue weighted by Crippen LogP contribution is 2.25. The second-order valence-electron chi connectivity index (χ2n) is 8.42. The third-order valence-electron chi connectivity index (χ3n) is 6.48. The molecule has 0 bridgehead atoms. The number of amides is 1. The molecule has 6 nitrogen and oxygen atoms in total. The zero-order chi connectivity index (χ0) is 20.1. The van der Waals surface area contributed by atoms with Crippen LogP contribution in [0, 0.1) is 19.8 Å². The number of carbonyl (C=O) groups excluding carboxylic acids is 1. The maximum absolute atomic E-state index is 12.8. The molecule has 28 heavy (non-hydrogen) atoms. The lowest BCUT2D eigenvalue weighted by atomic mass is 9.92. The molecule has 0 atom stereocenters. The number of likely N-dealkylation sites (tertiary alicyclic amines) is 1. The van der Waals surface area contributed by atoms with Gasteiger partial charge in [0.15, 0.2) is 0 Å². The fraction of sp³-hybridized carbons (Fsp3) is 0.773. The van der Waals surface area contributed by atoms with Crippen LogP contribution < -0.4 is 4.90 Å². The van der Waals surface area contributed by atoms with Gasteiger partial charge < -0.3 is 14.7 Å². The van der Waals surface area contributed by atoms with Crippen LogP contribution in [0.1, 0.15) is 57.3 Å². The Morgan fingerprint density at radius 3 is 2.11 bits per heavy atom. The molecule has 3 rings (SSSR count). The Morgan fingerprint density at radius 1 is 1.00 bits per heavy atom. The van der Waals surface area contributed by atoms with Crippen molar-refractivity contribution in [3.8, 4) is 0 Å². The monoisotopic (exact) mass is 387 g/mol. The van der Waals surface area contributed by atoms with Gasteiger partial charge in [-0.25, -0.2) is 9.97 Å². The highest BCUT2D eigenvalue weighted by molar-refractivity contribution is 5.76. The quantitative estimate of drug-likeness (QED) is 0.751. The Balaban J connectivity index is 1.44. The van der Waals surface area contributed by atoms with Gasteiger partial charge in [-0.2, -0.15) is 0 Å². The number of hydrogen-bond acceptors (Lipinski definition) is 5. The lowest BCUT2D eigenvalue weighted by Gasteiger charge is -2.38. The first kappa shape index (κ1) is 21.0. The molecule has 6 heteroatoms. The third kappa shape index (κ3) is 5.22. The maximum Gasteiger partial charge on any atom is 0.225 e. The highest BCUT2D eigenvalue weighted by atomic mass is 16.2. The summed E-state index contributed by atoms with van der Waals surface area (Å²) in [5.41, 5.74) is 2.04. The summed E-state index contributed by atoms with van der Waals surface area (Å²) in [6.07, 6.45) is 5.05. The molecule has 1 aromatic heterocycles. The minimum atomic E-state index is 0.360. The lowest BCUT2D eigenvalue weighted by molar-refractivity contribution is -0.133. The fourth-order valence-corrected chi connectivity index (χ4v) is 4.78. The molecule has 156 valence electrons. The standard InChI is InChI=1S/C22H37N5O/c1-5-25(6-2)20-9-13-26(14-10-20)21(28)16-19-7-11-27(12-8-19)22-23-17(3)15-18(4)24-22/h15,19-20H,5-14,16H2,1-4H3. The van der Waals surface area contributed by atoms with Crippen LogP contribution in [-0.2, 0) is 4.79 Å². The summed E-state index contributed by atoms with van der Waals surface area (Å²) in [4.78, 5) is 28.9. The number of aryl methyl sites for hydroxylation is 2. The predicted molar refractivity (Wildman–Crippen MR) is 114 cm³/mol.